The largest absolute Gasteiger partial charge is 0.327 e. The predicted molar refractivity (Wildman–Crippen MR) is 52.0 cm³/mol. The van der Waals surface area contributed by atoms with E-state index in [4.69, 9.17) is 5.73 Å². The van der Waals surface area contributed by atoms with Gasteiger partial charge >= 0.3 is 0 Å². The molecule has 0 aromatic rings. The first-order valence-corrected chi connectivity index (χ1v) is 5.52. The lowest BCUT2D eigenvalue weighted by molar-refractivity contribution is 0.322. The highest BCUT2D eigenvalue weighted by Crippen LogP contribution is 2.19. The van der Waals surface area contributed by atoms with E-state index in [0.29, 0.717) is 6.04 Å². The molecule has 0 amide bonds. The molecule has 0 saturated carbocycles. The third kappa shape index (κ3) is 3.01. The van der Waals surface area contributed by atoms with E-state index in [1.807, 2.05) is 11.8 Å². The zero-order valence-corrected chi connectivity index (χ0v) is 8.23. The maximum atomic E-state index is 5.71. The fourth-order valence-electron chi connectivity index (χ4n) is 1.56. The molecule has 0 radical (unpaired) electrons. The molecule has 1 heterocycles. The molecule has 0 bridgehead atoms. The van der Waals surface area contributed by atoms with E-state index >= 15 is 0 Å². The summed E-state index contributed by atoms with van der Waals surface area (Å²) in [7, 11) is 0. The fraction of sp³-hybridized carbons (Fsp3) is 1.00. The smallest absolute Gasteiger partial charge is 0.0184 e. The van der Waals surface area contributed by atoms with E-state index in [2.05, 4.69) is 18.1 Å². The van der Waals surface area contributed by atoms with Crippen molar-refractivity contribution in [1.29, 1.82) is 0 Å². The van der Waals surface area contributed by atoms with Gasteiger partial charge < -0.3 is 10.6 Å². The Balaban J connectivity index is 2.19. The number of hydrogen-bond donors (Lipinski definition) is 1. The number of nitrogens with two attached hydrogens (primary N) is 1. The highest BCUT2D eigenvalue weighted by Gasteiger charge is 2.21. The van der Waals surface area contributed by atoms with Crippen LogP contribution in [0.5, 0.6) is 0 Å². The molecule has 0 aromatic carbocycles. The van der Waals surface area contributed by atoms with Crippen LogP contribution in [-0.4, -0.2) is 42.1 Å². The van der Waals surface area contributed by atoms with Crippen LogP contribution in [-0.2, 0) is 0 Å². The van der Waals surface area contributed by atoms with Gasteiger partial charge in [-0.25, -0.2) is 0 Å². The van der Waals surface area contributed by atoms with Gasteiger partial charge in [-0.3, -0.25) is 0 Å². The Hall–Kier alpha value is 0.270. The Morgan fingerprint density at radius 3 is 2.91 bits per heavy atom. The van der Waals surface area contributed by atoms with Crippen LogP contribution in [0.2, 0.25) is 0 Å². The van der Waals surface area contributed by atoms with Gasteiger partial charge in [0.25, 0.3) is 0 Å². The quantitative estimate of drug-likeness (QED) is 0.685. The van der Waals surface area contributed by atoms with E-state index in [9.17, 15) is 0 Å². The Bertz CT molecular complexity index is 117. The molecule has 0 aliphatic carbocycles. The van der Waals surface area contributed by atoms with Crippen molar-refractivity contribution in [2.24, 2.45) is 5.73 Å². The van der Waals surface area contributed by atoms with Gasteiger partial charge in [-0.15, -0.1) is 0 Å². The van der Waals surface area contributed by atoms with E-state index in [1.54, 1.807) is 0 Å². The monoisotopic (exact) mass is 174 g/mol. The van der Waals surface area contributed by atoms with Crippen molar-refractivity contribution in [3.05, 3.63) is 0 Å². The van der Waals surface area contributed by atoms with Crippen LogP contribution >= 0.6 is 11.8 Å². The standard InChI is InChI=1S/C8H18N2S/c1-7(9)5-10-4-3-8(6-10)11-2/h7-8H,3-6,9H2,1-2H3/t7-,8?/m1/s1. The number of thioether (sulfide) groups is 1. The third-order valence-corrected chi connectivity index (χ3v) is 3.16. The first kappa shape index (κ1) is 9.36. The SMILES string of the molecule is CSC1CCN(C[C@@H](C)N)C1. The molecule has 2 atom stereocenters. The van der Waals surface area contributed by atoms with Crippen molar-refractivity contribution in [1.82, 2.24) is 4.90 Å². The van der Waals surface area contributed by atoms with Gasteiger partial charge in [0, 0.05) is 24.4 Å². The summed E-state index contributed by atoms with van der Waals surface area (Å²) in [6, 6.07) is 0.329. The lowest BCUT2D eigenvalue weighted by Crippen LogP contribution is -2.34. The van der Waals surface area contributed by atoms with Crippen LogP contribution in [0, 0.1) is 0 Å². The topological polar surface area (TPSA) is 29.3 Å². The molecule has 0 aromatic heterocycles. The number of nitrogens with zero attached hydrogens (tertiary/aromatic N) is 1. The second-order valence-corrected chi connectivity index (χ2v) is 4.52. The zero-order valence-electron chi connectivity index (χ0n) is 7.42. The summed E-state index contributed by atoms with van der Waals surface area (Å²) < 4.78 is 0. The summed E-state index contributed by atoms with van der Waals surface area (Å²) in [5, 5.41) is 0.855. The summed E-state index contributed by atoms with van der Waals surface area (Å²) in [6.45, 7) is 5.62. The second kappa shape index (κ2) is 4.33. The number of rotatable bonds is 3. The van der Waals surface area contributed by atoms with E-state index in [0.717, 1.165) is 11.8 Å². The minimum atomic E-state index is 0.329. The summed E-state index contributed by atoms with van der Waals surface area (Å²) in [6.07, 6.45) is 3.54. The van der Waals surface area contributed by atoms with Crippen molar-refractivity contribution in [2.45, 2.75) is 24.6 Å². The molecular formula is C8H18N2S. The van der Waals surface area contributed by atoms with E-state index in [1.165, 1.54) is 19.5 Å². The van der Waals surface area contributed by atoms with Gasteiger partial charge in [0.1, 0.15) is 0 Å². The Morgan fingerprint density at radius 1 is 1.73 bits per heavy atom. The first-order valence-electron chi connectivity index (χ1n) is 4.23. The average Bonchev–Trinajstić information content (AvgIpc) is 2.34. The fourth-order valence-corrected chi connectivity index (χ4v) is 2.26. The molecule has 1 fully saturated rings. The van der Waals surface area contributed by atoms with Crippen molar-refractivity contribution >= 4 is 11.8 Å². The highest BCUT2D eigenvalue weighted by atomic mass is 32.2. The maximum Gasteiger partial charge on any atom is 0.0184 e. The molecule has 1 aliphatic heterocycles. The molecule has 1 unspecified atom stereocenters. The van der Waals surface area contributed by atoms with Gasteiger partial charge in [0.2, 0.25) is 0 Å². The second-order valence-electron chi connectivity index (χ2n) is 3.38. The van der Waals surface area contributed by atoms with Gasteiger partial charge in [-0.2, -0.15) is 11.8 Å². The molecule has 1 rings (SSSR count). The van der Waals surface area contributed by atoms with Gasteiger partial charge in [-0.05, 0) is 26.1 Å². The summed E-state index contributed by atoms with van der Waals surface area (Å²) in [5.74, 6) is 0. The van der Waals surface area contributed by atoms with Crippen LogP contribution < -0.4 is 5.73 Å². The first-order chi connectivity index (χ1) is 5.22. The summed E-state index contributed by atoms with van der Waals surface area (Å²) >= 11 is 1.98. The average molecular weight is 174 g/mol. The van der Waals surface area contributed by atoms with Crippen molar-refractivity contribution in [2.75, 3.05) is 25.9 Å². The lowest BCUT2D eigenvalue weighted by atomic mass is 10.3. The van der Waals surface area contributed by atoms with Gasteiger partial charge in [0.15, 0.2) is 0 Å². The molecule has 66 valence electrons. The molecule has 2 nitrogen and oxygen atoms in total. The molecule has 11 heavy (non-hydrogen) atoms. The van der Waals surface area contributed by atoms with Crippen molar-refractivity contribution < 1.29 is 0 Å². The Kier molecular flexibility index (Phi) is 3.69. The minimum absolute atomic E-state index is 0.329. The van der Waals surface area contributed by atoms with Crippen LogP contribution in [0.15, 0.2) is 0 Å². The van der Waals surface area contributed by atoms with Crippen molar-refractivity contribution in [3.63, 3.8) is 0 Å². The molecule has 2 N–H and O–H groups in total. The van der Waals surface area contributed by atoms with Crippen molar-refractivity contribution in [3.8, 4) is 0 Å². The zero-order chi connectivity index (χ0) is 8.27. The normalized spacial score (nSPS) is 29.2. The predicted octanol–water partition coefficient (Wildman–Crippen LogP) is 0.771. The summed E-state index contributed by atoms with van der Waals surface area (Å²) in [4.78, 5) is 2.46. The third-order valence-electron chi connectivity index (χ3n) is 2.11. The molecule has 1 saturated heterocycles. The van der Waals surface area contributed by atoms with Crippen LogP contribution in [0.4, 0.5) is 0 Å². The number of likely N-dealkylation sites (tertiary alicyclic amines) is 1. The number of hydrogen-bond acceptors (Lipinski definition) is 3. The minimum Gasteiger partial charge on any atom is -0.327 e. The molecule has 3 heteroatoms. The molecule has 0 spiro atoms. The maximum absolute atomic E-state index is 5.71. The Morgan fingerprint density at radius 2 is 2.45 bits per heavy atom. The van der Waals surface area contributed by atoms with Gasteiger partial charge in [0.05, 0.1) is 0 Å². The van der Waals surface area contributed by atoms with E-state index in [-0.39, 0.29) is 0 Å². The Labute approximate surface area is 73.5 Å². The van der Waals surface area contributed by atoms with Crippen LogP contribution in [0.1, 0.15) is 13.3 Å². The summed E-state index contributed by atoms with van der Waals surface area (Å²) in [5.41, 5.74) is 5.71. The van der Waals surface area contributed by atoms with Gasteiger partial charge in [-0.1, -0.05) is 0 Å². The molecule has 1 aliphatic rings. The van der Waals surface area contributed by atoms with Crippen LogP contribution in [0.25, 0.3) is 0 Å². The molecular weight excluding hydrogens is 156 g/mol. The van der Waals surface area contributed by atoms with Crippen LogP contribution in [0.3, 0.4) is 0 Å². The van der Waals surface area contributed by atoms with E-state index < -0.39 is 0 Å². The lowest BCUT2D eigenvalue weighted by Gasteiger charge is -2.17. The highest BCUT2D eigenvalue weighted by molar-refractivity contribution is 7.99.